The highest BCUT2D eigenvalue weighted by molar-refractivity contribution is 6.08. The molecular weight excluding hydrogens is 513 g/mol. The van der Waals surface area contributed by atoms with Crippen molar-refractivity contribution in [2.24, 2.45) is 5.92 Å². The minimum absolute atomic E-state index is 0.00475. The minimum Gasteiger partial charge on any atom is -0.326 e. The lowest BCUT2D eigenvalue weighted by atomic mass is 10.0. The number of amides is 2. The van der Waals surface area contributed by atoms with Gasteiger partial charge in [0.2, 0.25) is 11.8 Å². The Labute approximate surface area is 230 Å². The van der Waals surface area contributed by atoms with Gasteiger partial charge in [0.25, 0.3) is 5.56 Å². The van der Waals surface area contributed by atoms with Crippen LogP contribution in [0, 0.1) is 11.7 Å². The van der Waals surface area contributed by atoms with Crippen LogP contribution in [0.15, 0.2) is 78.0 Å². The van der Waals surface area contributed by atoms with Crippen molar-refractivity contribution in [2.75, 3.05) is 10.6 Å². The summed E-state index contributed by atoms with van der Waals surface area (Å²) in [4.78, 5) is 59.2. The summed E-state index contributed by atoms with van der Waals surface area (Å²) in [6.07, 6.45) is 5.00. The molecule has 0 aliphatic rings. The maximum Gasteiger partial charge on any atom is 0.294 e. The predicted molar refractivity (Wildman–Crippen MR) is 149 cm³/mol. The normalized spacial score (nSPS) is 11.5. The van der Waals surface area contributed by atoms with Crippen LogP contribution in [0.3, 0.4) is 0 Å². The first-order chi connectivity index (χ1) is 19.2. The summed E-state index contributed by atoms with van der Waals surface area (Å²) in [5.74, 6) is -1.81. The quantitative estimate of drug-likeness (QED) is 0.297. The Morgan fingerprint density at radius 2 is 1.73 bits per heavy atom. The third-order valence-electron chi connectivity index (χ3n) is 6.34. The molecule has 2 aromatic carbocycles. The maximum absolute atomic E-state index is 13.6. The summed E-state index contributed by atoms with van der Waals surface area (Å²) in [5.41, 5.74) is 2.12. The number of benzene rings is 2. The Morgan fingerprint density at radius 3 is 2.42 bits per heavy atom. The van der Waals surface area contributed by atoms with E-state index in [-0.39, 0.29) is 41.4 Å². The first-order valence-corrected chi connectivity index (χ1v) is 12.7. The van der Waals surface area contributed by atoms with Crippen LogP contribution in [0.25, 0.3) is 11.3 Å². The fourth-order valence-corrected chi connectivity index (χ4v) is 3.99. The first kappa shape index (κ1) is 28.0. The average Bonchev–Trinajstić information content (AvgIpc) is 2.94. The Hall–Kier alpha value is -4.99. The Balaban J connectivity index is 1.77. The van der Waals surface area contributed by atoms with Crippen LogP contribution in [0.2, 0.25) is 0 Å². The van der Waals surface area contributed by atoms with E-state index < -0.39 is 11.4 Å². The van der Waals surface area contributed by atoms with Crippen LogP contribution < -0.4 is 16.2 Å². The molecule has 0 saturated carbocycles. The molecule has 0 bridgehead atoms. The van der Waals surface area contributed by atoms with Gasteiger partial charge in [0, 0.05) is 47.6 Å². The van der Waals surface area contributed by atoms with Gasteiger partial charge < -0.3 is 10.6 Å². The number of nitrogens with zero attached hydrogens (tertiary/aromatic N) is 3. The zero-order chi connectivity index (χ0) is 28.8. The van der Waals surface area contributed by atoms with E-state index in [1.165, 1.54) is 54.3 Å². The van der Waals surface area contributed by atoms with E-state index in [0.717, 1.165) is 0 Å². The number of hydrogen-bond donors (Lipinski definition) is 2. The first-order valence-electron chi connectivity index (χ1n) is 12.7. The van der Waals surface area contributed by atoms with Crippen LogP contribution in [0.4, 0.5) is 15.9 Å². The average molecular weight is 542 g/mol. The molecule has 0 unspecified atom stereocenters. The van der Waals surface area contributed by atoms with E-state index in [2.05, 4.69) is 20.6 Å². The van der Waals surface area contributed by atoms with Crippen molar-refractivity contribution >= 4 is 29.1 Å². The Bertz CT molecular complexity index is 1630. The molecular formula is C30H28FN5O4. The molecule has 204 valence electrons. The van der Waals surface area contributed by atoms with Gasteiger partial charge >= 0.3 is 0 Å². The van der Waals surface area contributed by atoms with E-state index in [1.807, 2.05) is 6.92 Å². The highest BCUT2D eigenvalue weighted by atomic mass is 19.1. The molecule has 9 nitrogen and oxygen atoms in total. The van der Waals surface area contributed by atoms with Crippen molar-refractivity contribution in [3.8, 4) is 11.3 Å². The SMILES string of the molecule is CC[C@@H](C)C(=O)Nc1ncc(-c2cccc(NC(C)=O)c2)n(Cc2cncc(C(=O)c3ccc(F)cc3)c2)c1=O. The molecule has 40 heavy (non-hydrogen) atoms. The zero-order valence-corrected chi connectivity index (χ0v) is 22.3. The predicted octanol–water partition coefficient (Wildman–Crippen LogP) is 4.67. The molecule has 2 N–H and O–H groups in total. The van der Waals surface area contributed by atoms with E-state index in [4.69, 9.17) is 0 Å². The van der Waals surface area contributed by atoms with E-state index in [1.54, 1.807) is 37.3 Å². The molecule has 2 heterocycles. The summed E-state index contributed by atoms with van der Waals surface area (Å²) in [6.45, 7) is 5.02. The Morgan fingerprint density at radius 1 is 0.975 bits per heavy atom. The number of hydrogen-bond acceptors (Lipinski definition) is 6. The lowest BCUT2D eigenvalue weighted by molar-refractivity contribution is -0.119. The second-order valence-electron chi connectivity index (χ2n) is 9.36. The van der Waals surface area contributed by atoms with Gasteiger partial charge in [-0.1, -0.05) is 26.0 Å². The second-order valence-corrected chi connectivity index (χ2v) is 9.36. The fraction of sp³-hybridized carbons (Fsp3) is 0.200. The van der Waals surface area contributed by atoms with Gasteiger partial charge in [-0.2, -0.15) is 0 Å². The molecule has 10 heteroatoms. The number of carbonyl (C=O) groups excluding carboxylic acids is 3. The Kier molecular flexibility index (Phi) is 8.58. The molecule has 1 atom stereocenters. The monoisotopic (exact) mass is 541 g/mol. The zero-order valence-electron chi connectivity index (χ0n) is 22.3. The highest BCUT2D eigenvalue weighted by Crippen LogP contribution is 2.23. The number of pyridine rings is 1. The van der Waals surface area contributed by atoms with E-state index >= 15 is 0 Å². The standard InChI is InChI=1S/C30H28FN5O4/c1-4-18(2)29(39)35-28-30(40)36(26(16-33-28)22-6-5-7-25(13-22)34-19(3)37)17-20-12-23(15-32-14-20)27(38)21-8-10-24(31)11-9-21/h5-16,18H,4,17H2,1-3H3,(H,34,37)(H,33,35,39)/t18-/m1/s1. The molecule has 2 aromatic heterocycles. The molecule has 4 rings (SSSR count). The van der Waals surface area contributed by atoms with Crippen LogP contribution in [-0.2, 0) is 16.1 Å². The largest absolute Gasteiger partial charge is 0.326 e. The van der Waals surface area contributed by atoms with Gasteiger partial charge in [0.15, 0.2) is 11.6 Å². The summed E-state index contributed by atoms with van der Waals surface area (Å²) < 4.78 is 14.8. The summed E-state index contributed by atoms with van der Waals surface area (Å²) in [6, 6.07) is 13.7. The van der Waals surface area contributed by atoms with Crippen molar-refractivity contribution in [1.29, 1.82) is 0 Å². The van der Waals surface area contributed by atoms with Gasteiger partial charge in [0.1, 0.15) is 5.82 Å². The lowest BCUT2D eigenvalue weighted by Crippen LogP contribution is -2.30. The minimum atomic E-state index is -0.547. The number of carbonyl (C=O) groups is 3. The summed E-state index contributed by atoms with van der Waals surface area (Å²) in [7, 11) is 0. The van der Waals surface area contributed by atoms with Crippen LogP contribution in [0.5, 0.6) is 0 Å². The molecule has 0 saturated heterocycles. The van der Waals surface area contributed by atoms with Crippen molar-refractivity contribution in [1.82, 2.24) is 14.5 Å². The van der Waals surface area contributed by atoms with Crippen LogP contribution in [0.1, 0.15) is 48.7 Å². The van der Waals surface area contributed by atoms with Gasteiger partial charge in [-0.05, 0) is 54.4 Å². The van der Waals surface area contributed by atoms with Gasteiger partial charge in [0.05, 0.1) is 18.4 Å². The van der Waals surface area contributed by atoms with Crippen LogP contribution in [-0.4, -0.2) is 32.1 Å². The maximum atomic E-state index is 13.6. The number of rotatable bonds is 9. The van der Waals surface area contributed by atoms with E-state index in [9.17, 15) is 23.6 Å². The van der Waals surface area contributed by atoms with Crippen molar-refractivity contribution < 1.29 is 18.8 Å². The number of anilines is 2. The second kappa shape index (κ2) is 12.2. The number of halogens is 1. The number of nitrogens with one attached hydrogen (secondary N) is 2. The van der Waals surface area contributed by atoms with Gasteiger partial charge in [-0.3, -0.25) is 28.7 Å². The van der Waals surface area contributed by atoms with Crippen molar-refractivity contribution in [3.63, 3.8) is 0 Å². The molecule has 2 amide bonds. The number of aromatic nitrogens is 3. The van der Waals surface area contributed by atoms with Crippen molar-refractivity contribution in [2.45, 2.75) is 33.7 Å². The van der Waals surface area contributed by atoms with Gasteiger partial charge in [-0.25, -0.2) is 9.37 Å². The lowest BCUT2D eigenvalue weighted by Gasteiger charge is -2.16. The third-order valence-corrected chi connectivity index (χ3v) is 6.34. The van der Waals surface area contributed by atoms with Crippen LogP contribution >= 0.6 is 0 Å². The molecule has 4 aromatic rings. The molecule has 0 aliphatic heterocycles. The summed E-state index contributed by atoms with van der Waals surface area (Å²) >= 11 is 0. The van der Waals surface area contributed by atoms with E-state index in [0.29, 0.717) is 34.5 Å². The van der Waals surface area contributed by atoms with Crippen molar-refractivity contribution in [3.05, 3.63) is 106 Å². The molecule has 0 spiro atoms. The molecule has 0 aliphatic carbocycles. The third kappa shape index (κ3) is 6.52. The summed E-state index contributed by atoms with van der Waals surface area (Å²) in [5, 5.41) is 5.34. The molecule has 0 radical (unpaired) electrons. The fourth-order valence-electron chi connectivity index (χ4n) is 3.99. The molecule has 0 fully saturated rings. The smallest absolute Gasteiger partial charge is 0.294 e. The van der Waals surface area contributed by atoms with Gasteiger partial charge in [-0.15, -0.1) is 0 Å². The topological polar surface area (TPSA) is 123 Å². The highest BCUT2D eigenvalue weighted by Gasteiger charge is 2.18. The number of ketones is 1.